The van der Waals surface area contributed by atoms with Crippen molar-refractivity contribution in [3.05, 3.63) is 63.3 Å². The Kier molecular flexibility index (Phi) is 3.19. The third-order valence-electron chi connectivity index (χ3n) is 2.16. The summed E-state index contributed by atoms with van der Waals surface area (Å²) in [6, 6.07) is 8.44. The smallest absolute Gasteiger partial charge is 0.0202 e. The Balaban J connectivity index is 2.29. The van der Waals surface area contributed by atoms with Crippen molar-refractivity contribution < 1.29 is 0 Å². The van der Waals surface area contributed by atoms with Crippen molar-refractivity contribution in [2.75, 3.05) is 0 Å². The normalized spacial score (nSPS) is 17.6. The van der Waals surface area contributed by atoms with Crippen molar-refractivity contribution in [2.45, 2.75) is 6.42 Å². The van der Waals surface area contributed by atoms with Crippen LogP contribution in [0, 0.1) is 3.57 Å². The van der Waals surface area contributed by atoms with E-state index in [1.807, 2.05) is 0 Å². The van der Waals surface area contributed by atoms with Gasteiger partial charge in [-0.3, -0.25) is 0 Å². The van der Waals surface area contributed by atoms with Gasteiger partial charge in [0.15, 0.2) is 0 Å². The third-order valence-corrected chi connectivity index (χ3v) is 3.14. The quantitative estimate of drug-likeness (QED) is 0.681. The highest BCUT2D eigenvalue weighted by atomic mass is 127. The lowest BCUT2D eigenvalue weighted by atomic mass is 10.0. The molecule has 0 aliphatic heterocycles. The Morgan fingerprint density at radius 2 is 2.00 bits per heavy atom. The van der Waals surface area contributed by atoms with Gasteiger partial charge in [-0.05, 0) is 46.2 Å². The lowest BCUT2D eigenvalue weighted by Crippen LogP contribution is -1.83. The molecule has 0 bridgehead atoms. The van der Waals surface area contributed by atoms with Gasteiger partial charge in [0.2, 0.25) is 0 Å². The van der Waals surface area contributed by atoms with E-state index in [9.17, 15) is 0 Å². The van der Waals surface area contributed by atoms with Crippen LogP contribution in [-0.4, -0.2) is 0 Å². The fourth-order valence-electron chi connectivity index (χ4n) is 1.43. The SMILES string of the molecule is Ic1ccccc1/C=C1/C=CC=CC1. The van der Waals surface area contributed by atoms with Crippen LogP contribution >= 0.6 is 22.6 Å². The fraction of sp³-hybridized carbons (Fsp3) is 0.0769. The molecule has 0 fully saturated rings. The molecule has 0 unspecified atom stereocenters. The first-order chi connectivity index (χ1) is 6.86. The number of rotatable bonds is 1. The Hall–Kier alpha value is -0.830. The highest BCUT2D eigenvalue weighted by molar-refractivity contribution is 14.1. The van der Waals surface area contributed by atoms with Crippen LogP contribution in [0.1, 0.15) is 12.0 Å². The first-order valence-corrected chi connectivity index (χ1v) is 5.72. The molecule has 1 aliphatic rings. The van der Waals surface area contributed by atoms with Gasteiger partial charge < -0.3 is 0 Å². The maximum absolute atomic E-state index is 2.37. The van der Waals surface area contributed by atoms with Gasteiger partial charge in [-0.15, -0.1) is 0 Å². The van der Waals surface area contributed by atoms with Gasteiger partial charge in [0.25, 0.3) is 0 Å². The zero-order chi connectivity index (χ0) is 9.80. The van der Waals surface area contributed by atoms with Gasteiger partial charge in [0.1, 0.15) is 0 Å². The zero-order valence-electron chi connectivity index (χ0n) is 7.78. The van der Waals surface area contributed by atoms with Crippen molar-refractivity contribution in [2.24, 2.45) is 0 Å². The summed E-state index contributed by atoms with van der Waals surface area (Å²) in [6.45, 7) is 0. The highest BCUT2D eigenvalue weighted by Crippen LogP contribution is 2.18. The second-order valence-electron chi connectivity index (χ2n) is 3.23. The van der Waals surface area contributed by atoms with Crippen molar-refractivity contribution in [1.29, 1.82) is 0 Å². The van der Waals surface area contributed by atoms with Gasteiger partial charge in [0.05, 0.1) is 0 Å². The first kappa shape index (κ1) is 9.71. The van der Waals surface area contributed by atoms with E-state index >= 15 is 0 Å². The molecule has 0 aromatic heterocycles. The Bertz CT molecular complexity index is 411. The molecule has 0 heterocycles. The largest absolute Gasteiger partial charge is 0.0801 e. The molecular formula is C13H11I. The molecule has 14 heavy (non-hydrogen) atoms. The van der Waals surface area contributed by atoms with E-state index in [4.69, 9.17) is 0 Å². The minimum atomic E-state index is 1.04. The molecule has 1 aliphatic carbocycles. The van der Waals surface area contributed by atoms with Crippen LogP contribution < -0.4 is 0 Å². The zero-order valence-corrected chi connectivity index (χ0v) is 9.94. The van der Waals surface area contributed by atoms with Crippen LogP contribution in [0.5, 0.6) is 0 Å². The van der Waals surface area contributed by atoms with Crippen LogP contribution in [0.15, 0.2) is 54.1 Å². The standard InChI is InChI=1S/C13H11I/c14-13-9-5-4-8-12(13)10-11-6-2-1-3-7-11/h1-6,8-10H,7H2/b11-10-. The summed E-state index contributed by atoms with van der Waals surface area (Å²) in [7, 11) is 0. The van der Waals surface area contributed by atoms with Crippen molar-refractivity contribution in [3.63, 3.8) is 0 Å². The first-order valence-electron chi connectivity index (χ1n) is 4.64. The number of hydrogen-bond acceptors (Lipinski definition) is 0. The van der Waals surface area contributed by atoms with Crippen LogP contribution in [0.3, 0.4) is 0 Å². The predicted octanol–water partition coefficient (Wildman–Crippen LogP) is 4.19. The summed E-state index contributed by atoms with van der Waals surface area (Å²) in [4.78, 5) is 0. The number of benzene rings is 1. The van der Waals surface area contributed by atoms with E-state index in [0.29, 0.717) is 0 Å². The lowest BCUT2D eigenvalue weighted by Gasteiger charge is -2.03. The summed E-state index contributed by atoms with van der Waals surface area (Å²) in [5, 5.41) is 0. The van der Waals surface area contributed by atoms with Crippen molar-refractivity contribution in [1.82, 2.24) is 0 Å². The summed E-state index contributed by atoms with van der Waals surface area (Å²) in [6.07, 6.45) is 11.8. The summed E-state index contributed by atoms with van der Waals surface area (Å²) in [5.74, 6) is 0. The van der Waals surface area contributed by atoms with E-state index in [1.54, 1.807) is 0 Å². The fourth-order valence-corrected chi connectivity index (χ4v) is 1.97. The molecule has 0 spiro atoms. The molecular weight excluding hydrogens is 283 g/mol. The van der Waals surface area contributed by atoms with E-state index < -0.39 is 0 Å². The number of halogens is 1. The monoisotopic (exact) mass is 294 g/mol. The van der Waals surface area contributed by atoms with Crippen LogP contribution in [0.25, 0.3) is 6.08 Å². The van der Waals surface area contributed by atoms with Crippen LogP contribution in [0.4, 0.5) is 0 Å². The Morgan fingerprint density at radius 1 is 1.14 bits per heavy atom. The number of allylic oxidation sites excluding steroid dienone is 5. The Labute approximate surface area is 98.2 Å². The van der Waals surface area contributed by atoms with Gasteiger partial charge in [0, 0.05) is 3.57 Å². The van der Waals surface area contributed by atoms with Crippen LogP contribution in [0.2, 0.25) is 0 Å². The molecule has 0 saturated heterocycles. The minimum Gasteiger partial charge on any atom is -0.0801 e. The van der Waals surface area contributed by atoms with Gasteiger partial charge >= 0.3 is 0 Å². The highest BCUT2D eigenvalue weighted by Gasteiger charge is 1.97. The van der Waals surface area contributed by atoms with Crippen molar-refractivity contribution >= 4 is 28.7 Å². The lowest BCUT2D eigenvalue weighted by molar-refractivity contribution is 1.28. The minimum absolute atomic E-state index is 1.04. The molecule has 1 heteroatoms. The number of hydrogen-bond donors (Lipinski definition) is 0. The molecule has 0 nitrogen and oxygen atoms in total. The van der Waals surface area contributed by atoms with Crippen LogP contribution in [-0.2, 0) is 0 Å². The average Bonchev–Trinajstić information content (AvgIpc) is 2.23. The molecule has 0 saturated carbocycles. The van der Waals surface area contributed by atoms with E-state index in [2.05, 4.69) is 77.2 Å². The third kappa shape index (κ3) is 2.35. The van der Waals surface area contributed by atoms with E-state index in [1.165, 1.54) is 14.7 Å². The molecule has 1 aromatic carbocycles. The summed E-state index contributed by atoms with van der Waals surface area (Å²) < 4.78 is 1.31. The van der Waals surface area contributed by atoms with Gasteiger partial charge in [-0.2, -0.15) is 0 Å². The van der Waals surface area contributed by atoms with Gasteiger partial charge in [-0.1, -0.05) is 48.6 Å². The summed E-state index contributed by atoms with van der Waals surface area (Å²) in [5.41, 5.74) is 2.68. The summed E-state index contributed by atoms with van der Waals surface area (Å²) >= 11 is 2.37. The molecule has 2 rings (SSSR count). The predicted molar refractivity (Wildman–Crippen MR) is 70.0 cm³/mol. The second-order valence-corrected chi connectivity index (χ2v) is 4.39. The maximum atomic E-state index is 2.37. The van der Waals surface area contributed by atoms with E-state index in [-0.39, 0.29) is 0 Å². The second kappa shape index (κ2) is 4.60. The maximum Gasteiger partial charge on any atom is 0.0202 e. The van der Waals surface area contributed by atoms with E-state index in [0.717, 1.165) is 6.42 Å². The molecule has 1 aromatic rings. The molecule has 0 atom stereocenters. The average molecular weight is 294 g/mol. The van der Waals surface area contributed by atoms with Crippen molar-refractivity contribution in [3.8, 4) is 0 Å². The molecule has 0 N–H and O–H groups in total. The molecule has 0 radical (unpaired) electrons. The topological polar surface area (TPSA) is 0 Å². The molecule has 70 valence electrons. The van der Waals surface area contributed by atoms with Gasteiger partial charge in [-0.25, -0.2) is 0 Å². The Morgan fingerprint density at radius 3 is 2.71 bits per heavy atom. The molecule has 0 amide bonds.